The number of hydrogen-bond acceptors (Lipinski definition) is 5. The predicted octanol–water partition coefficient (Wildman–Crippen LogP) is 1.80. The van der Waals surface area contributed by atoms with Crippen molar-refractivity contribution >= 4 is 28.8 Å². The highest BCUT2D eigenvalue weighted by Gasteiger charge is 2.11. The molecule has 1 aromatic heterocycles. The smallest absolute Gasteiger partial charge is 0.267 e. The van der Waals surface area contributed by atoms with Gasteiger partial charge in [-0.2, -0.15) is 0 Å². The van der Waals surface area contributed by atoms with Crippen molar-refractivity contribution in [2.45, 2.75) is 6.92 Å². The van der Waals surface area contributed by atoms with Gasteiger partial charge < -0.3 is 16.3 Å². The fourth-order valence-electron chi connectivity index (χ4n) is 1.49. The topological polar surface area (TPSA) is 101 Å². The van der Waals surface area contributed by atoms with E-state index in [0.717, 1.165) is 0 Å². The maximum atomic E-state index is 11.9. The number of anilines is 1. The number of thiazole rings is 1. The van der Waals surface area contributed by atoms with Crippen molar-refractivity contribution in [3.05, 3.63) is 45.9 Å². The number of hydrogen-bond donors (Lipinski definition) is 3. The number of amidine groups is 1. The van der Waals surface area contributed by atoms with Gasteiger partial charge in [0.15, 0.2) is 5.84 Å². The third-order valence-corrected chi connectivity index (χ3v) is 3.43. The van der Waals surface area contributed by atoms with Crippen LogP contribution in [0, 0.1) is 6.92 Å². The molecule has 0 atom stereocenters. The van der Waals surface area contributed by atoms with Crippen LogP contribution >= 0.6 is 11.3 Å². The Kier molecular flexibility index (Phi) is 3.76. The fourth-order valence-corrected chi connectivity index (χ4v) is 2.19. The molecule has 0 bridgehead atoms. The molecule has 6 nitrogen and oxygen atoms in total. The molecule has 98 valence electrons. The molecule has 4 N–H and O–H groups in total. The van der Waals surface area contributed by atoms with Gasteiger partial charge in [0.05, 0.1) is 11.2 Å². The molecule has 1 amide bonds. The molecule has 1 heterocycles. The van der Waals surface area contributed by atoms with Gasteiger partial charge in [-0.3, -0.25) is 4.79 Å². The number of aromatic nitrogens is 1. The van der Waals surface area contributed by atoms with Gasteiger partial charge in [0, 0.05) is 11.3 Å². The summed E-state index contributed by atoms with van der Waals surface area (Å²) >= 11 is 1.29. The lowest BCUT2D eigenvalue weighted by Crippen LogP contribution is -2.14. The Morgan fingerprint density at radius 3 is 2.63 bits per heavy atom. The summed E-state index contributed by atoms with van der Waals surface area (Å²) in [6.07, 6.45) is 0. The van der Waals surface area contributed by atoms with E-state index in [0.29, 0.717) is 21.8 Å². The Balaban J connectivity index is 2.12. The van der Waals surface area contributed by atoms with E-state index in [-0.39, 0.29) is 11.7 Å². The van der Waals surface area contributed by atoms with E-state index >= 15 is 0 Å². The minimum absolute atomic E-state index is 0.0242. The second kappa shape index (κ2) is 5.49. The van der Waals surface area contributed by atoms with E-state index in [1.165, 1.54) is 11.3 Å². The molecule has 1 aromatic carbocycles. The summed E-state index contributed by atoms with van der Waals surface area (Å²) in [5.41, 5.74) is 8.99. The summed E-state index contributed by atoms with van der Waals surface area (Å²) in [4.78, 5) is 16.6. The zero-order chi connectivity index (χ0) is 13.8. The van der Waals surface area contributed by atoms with Gasteiger partial charge in [-0.25, -0.2) is 4.98 Å². The molecule has 19 heavy (non-hydrogen) atoms. The van der Waals surface area contributed by atoms with E-state index in [1.807, 2.05) is 0 Å². The molecule has 0 saturated carbocycles. The number of carbonyl (C=O) groups excluding carboxylic acids is 1. The number of benzene rings is 1. The molecule has 0 radical (unpaired) electrons. The number of aryl methyl sites for hydroxylation is 1. The summed E-state index contributed by atoms with van der Waals surface area (Å²) in [5.74, 6) is -0.173. The highest BCUT2D eigenvalue weighted by Crippen LogP contribution is 2.16. The van der Waals surface area contributed by atoms with Crippen LogP contribution in [0.2, 0.25) is 0 Å². The van der Waals surface area contributed by atoms with Gasteiger partial charge in [0.25, 0.3) is 5.91 Å². The molecule has 0 aliphatic rings. The van der Waals surface area contributed by atoms with Crippen LogP contribution in [0.15, 0.2) is 34.9 Å². The number of nitrogens with two attached hydrogens (primary N) is 1. The van der Waals surface area contributed by atoms with Crippen molar-refractivity contribution in [1.82, 2.24) is 4.98 Å². The molecule has 0 unspecified atom stereocenters. The molecule has 7 heteroatoms. The Morgan fingerprint density at radius 2 is 2.11 bits per heavy atom. The minimum atomic E-state index is -0.198. The zero-order valence-corrected chi connectivity index (χ0v) is 10.9. The first kappa shape index (κ1) is 13.0. The molecular weight excluding hydrogens is 264 g/mol. The first-order valence-corrected chi connectivity index (χ1v) is 6.29. The van der Waals surface area contributed by atoms with Gasteiger partial charge in [0.2, 0.25) is 0 Å². The quantitative estimate of drug-likeness (QED) is 0.344. The highest BCUT2D eigenvalue weighted by molar-refractivity contribution is 7.12. The second-order valence-electron chi connectivity index (χ2n) is 3.78. The molecule has 0 fully saturated rings. The van der Waals surface area contributed by atoms with Crippen LogP contribution in [0.1, 0.15) is 20.9 Å². The maximum Gasteiger partial charge on any atom is 0.267 e. The molecule has 0 aliphatic carbocycles. The average Bonchev–Trinajstić information content (AvgIpc) is 2.85. The Bertz CT molecular complexity index is 619. The summed E-state index contributed by atoms with van der Waals surface area (Å²) < 4.78 is 0. The number of carbonyl (C=O) groups is 1. The lowest BCUT2D eigenvalue weighted by atomic mass is 10.2. The number of rotatable bonds is 3. The first-order chi connectivity index (χ1) is 9.11. The van der Waals surface area contributed by atoms with Gasteiger partial charge in [-0.1, -0.05) is 5.16 Å². The van der Waals surface area contributed by atoms with Crippen LogP contribution in [0.3, 0.4) is 0 Å². The van der Waals surface area contributed by atoms with E-state index in [9.17, 15) is 4.79 Å². The van der Waals surface area contributed by atoms with Crippen LogP contribution in [0.5, 0.6) is 0 Å². The van der Waals surface area contributed by atoms with Gasteiger partial charge >= 0.3 is 0 Å². The van der Waals surface area contributed by atoms with Crippen LogP contribution < -0.4 is 11.1 Å². The Hall–Kier alpha value is -2.41. The Labute approximate surface area is 113 Å². The summed E-state index contributed by atoms with van der Waals surface area (Å²) in [6.45, 7) is 1.78. The van der Waals surface area contributed by atoms with Crippen LogP contribution in [0.4, 0.5) is 5.69 Å². The maximum absolute atomic E-state index is 11.9. The van der Waals surface area contributed by atoms with Crippen molar-refractivity contribution < 1.29 is 10.0 Å². The molecule has 0 aliphatic heterocycles. The summed E-state index contributed by atoms with van der Waals surface area (Å²) in [5, 5.41) is 14.2. The van der Waals surface area contributed by atoms with Gasteiger partial charge in [-0.05, 0) is 31.2 Å². The fraction of sp³-hybridized carbons (Fsp3) is 0.0833. The summed E-state index contributed by atoms with van der Waals surface area (Å²) in [7, 11) is 0. The average molecular weight is 276 g/mol. The van der Waals surface area contributed by atoms with Crippen LogP contribution in [-0.2, 0) is 0 Å². The third kappa shape index (κ3) is 2.89. The van der Waals surface area contributed by atoms with E-state index in [4.69, 9.17) is 10.9 Å². The molecule has 0 spiro atoms. The van der Waals surface area contributed by atoms with Crippen molar-refractivity contribution in [2.24, 2.45) is 10.9 Å². The van der Waals surface area contributed by atoms with E-state index in [2.05, 4.69) is 15.5 Å². The largest absolute Gasteiger partial charge is 0.409 e. The number of nitrogens with one attached hydrogen (secondary N) is 1. The second-order valence-corrected chi connectivity index (χ2v) is 4.64. The van der Waals surface area contributed by atoms with Gasteiger partial charge in [-0.15, -0.1) is 11.3 Å². The number of oxime groups is 1. The lowest BCUT2D eigenvalue weighted by Gasteiger charge is -2.05. The van der Waals surface area contributed by atoms with Crippen LogP contribution in [0.25, 0.3) is 0 Å². The predicted molar refractivity (Wildman–Crippen MR) is 73.8 cm³/mol. The SMILES string of the molecule is Cc1ncsc1C(=O)Nc1ccc(/C(N)=N/O)cc1. The number of nitrogens with zero attached hydrogens (tertiary/aromatic N) is 2. The molecule has 0 saturated heterocycles. The normalized spacial score (nSPS) is 11.3. The zero-order valence-electron chi connectivity index (χ0n) is 10.1. The van der Waals surface area contributed by atoms with E-state index < -0.39 is 0 Å². The van der Waals surface area contributed by atoms with Gasteiger partial charge in [0.1, 0.15) is 4.88 Å². The standard InChI is InChI=1S/C12H12N4O2S/c1-7-10(19-6-14-7)12(17)15-9-4-2-8(3-5-9)11(13)16-18/h2-6,18H,1H3,(H2,13,16)(H,15,17). The van der Waals surface area contributed by atoms with Crippen molar-refractivity contribution in [3.8, 4) is 0 Å². The lowest BCUT2D eigenvalue weighted by molar-refractivity contribution is 0.103. The number of amides is 1. The molecule has 2 rings (SSSR count). The van der Waals surface area contributed by atoms with E-state index in [1.54, 1.807) is 36.7 Å². The first-order valence-electron chi connectivity index (χ1n) is 5.41. The molecule has 2 aromatic rings. The molecular formula is C12H12N4O2S. The highest BCUT2D eigenvalue weighted by atomic mass is 32.1. The monoisotopic (exact) mass is 276 g/mol. The Morgan fingerprint density at radius 1 is 1.42 bits per heavy atom. The third-order valence-electron chi connectivity index (χ3n) is 2.50. The minimum Gasteiger partial charge on any atom is -0.409 e. The van der Waals surface area contributed by atoms with Crippen molar-refractivity contribution in [1.29, 1.82) is 0 Å². The van der Waals surface area contributed by atoms with Crippen LogP contribution in [-0.4, -0.2) is 21.9 Å². The summed E-state index contributed by atoms with van der Waals surface area (Å²) in [6, 6.07) is 6.68. The van der Waals surface area contributed by atoms with Crippen molar-refractivity contribution in [3.63, 3.8) is 0 Å². The van der Waals surface area contributed by atoms with Crippen molar-refractivity contribution in [2.75, 3.05) is 5.32 Å².